The minimum absolute atomic E-state index is 0.0814. The summed E-state index contributed by atoms with van der Waals surface area (Å²) in [6.07, 6.45) is 10.3. The van der Waals surface area contributed by atoms with Gasteiger partial charge in [-0.1, -0.05) is 11.6 Å². The molecule has 2 fully saturated rings. The van der Waals surface area contributed by atoms with Crippen molar-refractivity contribution in [2.45, 2.75) is 77.5 Å². The second-order valence-corrected chi connectivity index (χ2v) is 11.7. The van der Waals surface area contributed by atoms with Gasteiger partial charge in [0, 0.05) is 19.6 Å². The molecule has 0 bridgehead atoms. The monoisotopic (exact) mass is 549 g/mol. The van der Waals surface area contributed by atoms with Crippen molar-refractivity contribution in [2.75, 3.05) is 31.6 Å². The summed E-state index contributed by atoms with van der Waals surface area (Å²) in [5, 5.41) is 17.6. The minimum atomic E-state index is -0.520. The first kappa shape index (κ1) is 27.7. The first-order valence-corrected chi connectivity index (χ1v) is 14.1. The maximum absolute atomic E-state index is 13.2. The van der Waals surface area contributed by atoms with E-state index in [0.29, 0.717) is 29.7 Å². The molecule has 12 heteroatoms. The van der Waals surface area contributed by atoms with Crippen molar-refractivity contribution in [3.8, 4) is 17.3 Å². The standard InChI is InChI=1S/C28H39N9O3/c1-19(37-18-24(32-34-37)23-14-29-15-26(30-23)39-5)22-11-12-25(33-31-22)35-13-7-10-21(17-35)36(16-20-8-6-9-20)27(38)40-28(2,3)4/h11-12,14-15,18-21H,6-10,13,16-17H2,1-5H3/t19?,21-/m1/s1. The Kier molecular flexibility index (Phi) is 8.13. The van der Waals surface area contributed by atoms with Gasteiger partial charge in [0.15, 0.2) is 5.82 Å². The lowest BCUT2D eigenvalue weighted by Gasteiger charge is -2.42. The van der Waals surface area contributed by atoms with Crippen molar-refractivity contribution in [2.24, 2.45) is 5.92 Å². The normalized spacial score (nSPS) is 18.6. The molecule has 0 aromatic carbocycles. The van der Waals surface area contributed by atoms with Gasteiger partial charge in [0.1, 0.15) is 17.0 Å². The van der Waals surface area contributed by atoms with E-state index in [0.717, 1.165) is 37.4 Å². The first-order valence-electron chi connectivity index (χ1n) is 14.1. The van der Waals surface area contributed by atoms with Gasteiger partial charge in [-0.3, -0.25) is 4.98 Å². The Bertz CT molecular complexity index is 1290. The maximum Gasteiger partial charge on any atom is 0.410 e. The Morgan fingerprint density at radius 2 is 1.93 bits per heavy atom. The highest BCUT2D eigenvalue weighted by molar-refractivity contribution is 5.69. The Hall–Kier alpha value is -3.83. The van der Waals surface area contributed by atoms with Gasteiger partial charge < -0.3 is 19.3 Å². The van der Waals surface area contributed by atoms with Crippen LogP contribution in [0.2, 0.25) is 0 Å². The van der Waals surface area contributed by atoms with Crippen LogP contribution in [0.4, 0.5) is 10.6 Å². The number of rotatable bonds is 8. The van der Waals surface area contributed by atoms with Crippen molar-refractivity contribution in [1.82, 2.24) is 40.1 Å². The Labute approximate surface area is 235 Å². The molecular weight excluding hydrogens is 510 g/mol. The topological polar surface area (TPSA) is 124 Å². The Balaban J connectivity index is 1.26. The van der Waals surface area contributed by atoms with E-state index in [1.807, 2.05) is 50.9 Å². The molecule has 0 N–H and O–H groups in total. The molecule has 1 saturated heterocycles. The number of piperidine rings is 1. The summed E-state index contributed by atoms with van der Waals surface area (Å²) in [4.78, 5) is 25.9. The van der Waals surface area contributed by atoms with Crippen LogP contribution in [0.15, 0.2) is 30.7 Å². The second-order valence-electron chi connectivity index (χ2n) is 11.7. The molecule has 40 heavy (non-hydrogen) atoms. The van der Waals surface area contributed by atoms with E-state index in [1.165, 1.54) is 19.3 Å². The van der Waals surface area contributed by atoms with Crippen LogP contribution in [-0.2, 0) is 4.74 Å². The molecule has 1 aliphatic heterocycles. The molecule has 1 saturated carbocycles. The number of methoxy groups -OCH3 is 1. The third-order valence-electron chi connectivity index (χ3n) is 7.56. The van der Waals surface area contributed by atoms with E-state index < -0.39 is 5.60 Å². The van der Waals surface area contributed by atoms with Gasteiger partial charge >= 0.3 is 6.09 Å². The molecule has 1 unspecified atom stereocenters. The van der Waals surface area contributed by atoms with Gasteiger partial charge in [-0.05, 0) is 71.4 Å². The van der Waals surface area contributed by atoms with Crippen molar-refractivity contribution < 1.29 is 14.3 Å². The number of carbonyl (C=O) groups excluding carboxylic acids is 1. The number of ether oxygens (including phenoxy) is 2. The third-order valence-corrected chi connectivity index (χ3v) is 7.56. The fourth-order valence-corrected chi connectivity index (χ4v) is 5.08. The Morgan fingerprint density at radius 1 is 1.10 bits per heavy atom. The van der Waals surface area contributed by atoms with Gasteiger partial charge in [-0.15, -0.1) is 10.2 Å². The molecule has 0 radical (unpaired) electrons. The van der Waals surface area contributed by atoms with Crippen LogP contribution in [0.25, 0.3) is 11.4 Å². The van der Waals surface area contributed by atoms with Crippen molar-refractivity contribution in [1.29, 1.82) is 0 Å². The van der Waals surface area contributed by atoms with E-state index in [9.17, 15) is 4.79 Å². The van der Waals surface area contributed by atoms with Crippen LogP contribution < -0.4 is 9.64 Å². The molecule has 0 spiro atoms. The van der Waals surface area contributed by atoms with Gasteiger partial charge in [-0.25, -0.2) is 14.5 Å². The van der Waals surface area contributed by atoms with E-state index in [-0.39, 0.29) is 18.2 Å². The molecule has 4 heterocycles. The fraction of sp³-hybridized carbons (Fsp3) is 0.607. The quantitative estimate of drug-likeness (QED) is 0.405. The second kappa shape index (κ2) is 11.7. The highest BCUT2D eigenvalue weighted by atomic mass is 16.6. The number of carbonyl (C=O) groups is 1. The van der Waals surface area contributed by atoms with E-state index in [4.69, 9.17) is 9.47 Å². The summed E-state index contributed by atoms with van der Waals surface area (Å²) >= 11 is 0. The lowest BCUT2D eigenvalue weighted by Crippen LogP contribution is -2.53. The summed E-state index contributed by atoms with van der Waals surface area (Å²) in [7, 11) is 1.55. The zero-order valence-corrected chi connectivity index (χ0v) is 24.0. The number of anilines is 1. The van der Waals surface area contributed by atoms with Crippen molar-refractivity contribution in [3.63, 3.8) is 0 Å². The zero-order valence-electron chi connectivity index (χ0n) is 24.0. The maximum atomic E-state index is 13.2. The molecule has 12 nitrogen and oxygen atoms in total. The lowest BCUT2D eigenvalue weighted by molar-refractivity contribution is 0.00733. The average molecular weight is 550 g/mol. The molecule has 2 aliphatic rings. The SMILES string of the molecule is COc1cncc(-c2cn(C(C)c3ccc(N4CCC[C@@H](N(CC5CCC5)C(=O)OC(C)(C)C)C4)nn3)nn2)n1. The van der Waals surface area contributed by atoms with Gasteiger partial charge in [0.05, 0.1) is 43.5 Å². The molecular formula is C28H39N9O3. The van der Waals surface area contributed by atoms with Crippen LogP contribution in [0.1, 0.15) is 71.5 Å². The van der Waals surface area contributed by atoms with Gasteiger partial charge in [0.25, 0.3) is 0 Å². The summed E-state index contributed by atoms with van der Waals surface area (Å²) in [5.74, 6) is 1.79. The zero-order chi connectivity index (χ0) is 28.3. The predicted molar refractivity (Wildman–Crippen MR) is 149 cm³/mol. The largest absolute Gasteiger partial charge is 0.480 e. The highest BCUT2D eigenvalue weighted by Gasteiger charge is 2.35. The Morgan fingerprint density at radius 3 is 2.60 bits per heavy atom. The number of hydrogen-bond acceptors (Lipinski definition) is 10. The molecule has 3 aromatic heterocycles. The average Bonchev–Trinajstić information content (AvgIpc) is 3.42. The summed E-state index contributed by atoms with van der Waals surface area (Å²) < 4.78 is 12.7. The summed E-state index contributed by atoms with van der Waals surface area (Å²) in [6.45, 7) is 10.1. The molecule has 1 amide bonds. The molecule has 2 atom stereocenters. The lowest BCUT2D eigenvalue weighted by atomic mass is 9.84. The van der Waals surface area contributed by atoms with Gasteiger partial charge in [-0.2, -0.15) is 5.10 Å². The highest BCUT2D eigenvalue weighted by Crippen LogP contribution is 2.31. The molecule has 214 valence electrons. The fourth-order valence-electron chi connectivity index (χ4n) is 5.08. The summed E-state index contributed by atoms with van der Waals surface area (Å²) in [5.41, 5.74) is 1.43. The van der Waals surface area contributed by atoms with Crippen LogP contribution in [-0.4, -0.2) is 84.5 Å². The predicted octanol–water partition coefficient (Wildman–Crippen LogP) is 4.15. The number of nitrogens with zero attached hydrogens (tertiary/aromatic N) is 9. The first-order chi connectivity index (χ1) is 19.2. The van der Waals surface area contributed by atoms with Crippen LogP contribution in [0.5, 0.6) is 5.88 Å². The third kappa shape index (κ3) is 6.48. The van der Waals surface area contributed by atoms with E-state index in [1.54, 1.807) is 24.2 Å². The smallest absolute Gasteiger partial charge is 0.410 e. The van der Waals surface area contributed by atoms with E-state index >= 15 is 0 Å². The number of hydrogen-bond donors (Lipinski definition) is 0. The van der Waals surface area contributed by atoms with Gasteiger partial charge in [0.2, 0.25) is 5.88 Å². The van der Waals surface area contributed by atoms with Crippen LogP contribution in [0, 0.1) is 5.92 Å². The van der Waals surface area contributed by atoms with Crippen LogP contribution in [0.3, 0.4) is 0 Å². The van der Waals surface area contributed by atoms with Crippen molar-refractivity contribution in [3.05, 3.63) is 36.4 Å². The van der Waals surface area contributed by atoms with Crippen LogP contribution >= 0.6 is 0 Å². The summed E-state index contributed by atoms with van der Waals surface area (Å²) in [6, 6.07) is 3.87. The van der Waals surface area contributed by atoms with Crippen molar-refractivity contribution >= 4 is 11.9 Å². The van der Waals surface area contributed by atoms with E-state index in [2.05, 4.69) is 35.4 Å². The number of aromatic nitrogens is 7. The molecule has 3 aromatic rings. The molecule has 1 aliphatic carbocycles. The minimum Gasteiger partial charge on any atom is -0.480 e. The molecule has 5 rings (SSSR count). The number of amides is 1.